The molecule has 0 aromatic carbocycles. The van der Waals surface area contributed by atoms with Crippen LogP contribution in [0.3, 0.4) is 0 Å². The van der Waals surface area contributed by atoms with Crippen LogP contribution in [-0.2, 0) is 10.8 Å². The van der Waals surface area contributed by atoms with Gasteiger partial charge in [-0.3, -0.25) is 4.21 Å². The van der Waals surface area contributed by atoms with Gasteiger partial charge in [-0.15, -0.1) is 0 Å². The zero-order chi connectivity index (χ0) is 10.7. The Kier molecular flexibility index (Phi) is 4.58. The lowest BCUT2D eigenvalue weighted by Gasteiger charge is -2.33. The van der Waals surface area contributed by atoms with E-state index < -0.39 is 10.8 Å². The van der Waals surface area contributed by atoms with Crippen LogP contribution in [0.5, 0.6) is 0 Å². The van der Waals surface area contributed by atoms with Crippen molar-refractivity contribution in [2.75, 3.05) is 0 Å². The standard InChI is InChI=1S/C11H23NOS/c1-4-9(3)14(13)11-7-8(2)5-6-10(11)12/h8-11H,4-7,12H2,1-3H3. The fraction of sp³-hybridized carbons (Fsp3) is 1.00. The van der Waals surface area contributed by atoms with Crippen molar-refractivity contribution < 1.29 is 4.21 Å². The van der Waals surface area contributed by atoms with Crippen LogP contribution in [-0.4, -0.2) is 20.8 Å². The van der Waals surface area contributed by atoms with Gasteiger partial charge in [0.15, 0.2) is 0 Å². The van der Waals surface area contributed by atoms with Crippen molar-refractivity contribution >= 4 is 10.8 Å². The lowest BCUT2D eigenvalue weighted by Crippen LogP contribution is -2.44. The molecule has 5 atom stereocenters. The molecule has 84 valence electrons. The minimum Gasteiger partial charge on any atom is -0.327 e. The Labute approximate surface area is 90.1 Å². The summed E-state index contributed by atoms with van der Waals surface area (Å²) in [4.78, 5) is 0. The van der Waals surface area contributed by atoms with Crippen LogP contribution >= 0.6 is 0 Å². The van der Waals surface area contributed by atoms with Gasteiger partial charge in [-0.2, -0.15) is 0 Å². The molecule has 0 amide bonds. The van der Waals surface area contributed by atoms with Crippen molar-refractivity contribution in [1.29, 1.82) is 0 Å². The summed E-state index contributed by atoms with van der Waals surface area (Å²) >= 11 is 0. The number of rotatable bonds is 3. The summed E-state index contributed by atoms with van der Waals surface area (Å²) in [6.45, 7) is 6.41. The lowest BCUT2D eigenvalue weighted by atomic mass is 9.87. The summed E-state index contributed by atoms with van der Waals surface area (Å²) in [5, 5.41) is 0.546. The highest BCUT2D eigenvalue weighted by atomic mass is 32.2. The molecule has 14 heavy (non-hydrogen) atoms. The molecule has 0 aromatic rings. The fourth-order valence-corrected chi connectivity index (χ4v) is 4.01. The van der Waals surface area contributed by atoms with Crippen molar-refractivity contribution in [1.82, 2.24) is 0 Å². The Morgan fingerprint density at radius 3 is 2.71 bits per heavy atom. The van der Waals surface area contributed by atoms with E-state index in [4.69, 9.17) is 5.73 Å². The minimum absolute atomic E-state index is 0.168. The first-order valence-corrected chi connectivity index (χ1v) is 6.98. The predicted molar refractivity (Wildman–Crippen MR) is 62.7 cm³/mol. The molecule has 1 aliphatic carbocycles. The van der Waals surface area contributed by atoms with Crippen molar-refractivity contribution in [3.63, 3.8) is 0 Å². The molecule has 0 spiro atoms. The molecule has 0 heterocycles. The van der Waals surface area contributed by atoms with Crippen LogP contribution in [0.1, 0.15) is 46.5 Å². The molecular formula is C11H23NOS. The molecule has 0 saturated heterocycles. The first kappa shape index (κ1) is 12.2. The largest absolute Gasteiger partial charge is 0.327 e. The monoisotopic (exact) mass is 217 g/mol. The highest BCUT2D eigenvalue weighted by molar-refractivity contribution is 7.86. The molecule has 0 aromatic heterocycles. The second-order valence-corrected chi connectivity index (χ2v) is 6.74. The van der Waals surface area contributed by atoms with Crippen molar-refractivity contribution in [2.45, 2.75) is 63.0 Å². The molecule has 1 saturated carbocycles. The van der Waals surface area contributed by atoms with Gasteiger partial charge >= 0.3 is 0 Å². The summed E-state index contributed by atoms with van der Waals surface area (Å²) in [5.74, 6) is 0.702. The maximum Gasteiger partial charge on any atom is 0.0504 e. The normalized spacial score (nSPS) is 37.9. The third kappa shape index (κ3) is 2.80. The van der Waals surface area contributed by atoms with E-state index in [0.29, 0.717) is 11.2 Å². The smallest absolute Gasteiger partial charge is 0.0504 e. The van der Waals surface area contributed by atoms with E-state index in [0.717, 1.165) is 19.3 Å². The van der Waals surface area contributed by atoms with Gasteiger partial charge in [0.2, 0.25) is 0 Å². The second kappa shape index (κ2) is 5.26. The summed E-state index contributed by atoms with van der Waals surface area (Å²) in [7, 11) is -0.727. The maximum absolute atomic E-state index is 12.1. The Morgan fingerprint density at radius 2 is 2.14 bits per heavy atom. The molecule has 2 nitrogen and oxygen atoms in total. The van der Waals surface area contributed by atoms with Crippen LogP contribution < -0.4 is 5.73 Å². The zero-order valence-corrected chi connectivity index (χ0v) is 10.3. The first-order valence-electron chi connectivity index (χ1n) is 5.71. The van der Waals surface area contributed by atoms with Crippen LogP contribution in [0, 0.1) is 5.92 Å². The van der Waals surface area contributed by atoms with Crippen molar-refractivity contribution in [3.05, 3.63) is 0 Å². The summed E-state index contributed by atoms with van der Waals surface area (Å²) < 4.78 is 12.1. The van der Waals surface area contributed by atoms with Crippen LogP contribution in [0.25, 0.3) is 0 Å². The third-order valence-corrected chi connectivity index (χ3v) is 5.64. The lowest BCUT2D eigenvalue weighted by molar-refractivity contribution is 0.352. The SMILES string of the molecule is CCC(C)S(=O)C1CC(C)CCC1N. The van der Waals surface area contributed by atoms with Gasteiger partial charge in [0, 0.05) is 22.1 Å². The van der Waals surface area contributed by atoms with E-state index in [1.807, 2.05) is 0 Å². The first-order chi connectivity index (χ1) is 6.56. The Morgan fingerprint density at radius 1 is 1.50 bits per heavy atom. The van der Waals surface area contributed by atoms with Gasteiger partial charge in [-0.25, -0.2) is 0 Å². The van der Waals surface area contributed by atoms with E-state index in [-0.39, 0.29) is 11.3 Å². The highest BCUT2D eigenvalue weighted by Gasteiger charge is 2.32. The fourth-order valence-electron chi connectivity index (χ4n) is 2.08. The van der Waals surface area contributed by atoms with Gasteiger partial charge in [0.05, 0.1) is 5.25 Å². The molecule has 2 N–H and O–H groups in total. The molecule has 0 radical (unpaired) electrons. The molecule has 1 fully saturated rings. The topological polar surface area (TPSA) is 43.1 Å². The average Bonchev–Trinajstić information content (AvgIpc) is 2.19. The Balaban J connectivity index is 2.60. The van der Waals surface area contributed by atoms with Gasteiger partial charge in [0.1, 0.15) is 0 Å². The quantitative estimate of drug-likeness (QED) is 0.786. The Hall–Kier alpha value is 0.110. The summed E-state index contributed by atoms with van der Waals surface area (Å²) in [6, 6.07) is 0.168. The van der Waals surface area contributed by atoms with E-state index in [2.05, 4.69) is 20.8 Å². The number of nitrogens with two attached hydrogens (primary N) is 1. The van der Waals surface area contributed by atoms with Gasteiger partial charge in [-0.05, 0) is 31.6 Å². The van der Waals surface area contributed by atoms with Crippen molar-refractivity contribution in [2.24, 2.45) is 11.7 Å². The summed E-state index contributed by atoms with van der Waals surface area (Å²) in [5.41, 5.74) is 6.04. The number of hydrogen-bond acceptors (Lipinski definition) is 2. The van der Waals surface area contributed by atoms with Crippen LogP contribution in [0.15, 0.2) is 0 Å². The third-order valence-electron chi connectivity index (χ3n) is 3.37. The zero-order valence-electron chi connectivity index (χ0n) is 9.53. The van der Waals surface area contributed by atoms with Gasteiger partial charge in [0.25, 0.3) is 0 Å². The van der Waals surface area contributed by atoms with E-state index >= 15 is 0 Å². The van der Waals surface area contributed by atoms with Gasteiger partial charge in [-0.1, -0.05) is 20.8 Å². The molecule has 1 aliphatic rings. The van der Waals surface area contributed by atoms with Gasteiger partial charge < -0.3 is 5.73 Å². The van der Waals surface area contributed by atoms with E-state index in [1.165, 1.54) is 6.42 Å². The van der Waals surface area contributed by atoms with Crippen LogP contribution in [0.2, 0.25) is 0 Å². The van der Waals surface area contributed by atoms with E-state index in [9.17, 15) is 4.21 Å². The van der Waals surface area contributed by atoms with E-state index in [1.54, 1.807) is 0 Å². The molecule has 0 bridgehead atoms. The highest BCUT2D eigenvalue weighted by Crippen LogP contribution is 2.28. The molecule has 0 aliphatic heterocycles. The second-order valence-electron chi connectivity index (χ2n) is 4.67. The summed E-state index contributed by atoms with van der Waals surface area (Å²) in [6.07, 6.45) is 4.30. The maximum atomic E-state index is 12.1. The van der Waals surface area contributed by atoms with Crippen LogP contribution in [0.4, 0.5) is 0 Å². The molecule has 1 rings (SSSR count). The number of hydrogen-bond donors (Lipinski definition) is 1. The predicted octanol–water partition coefficient (Wildman–Crippen LogP) is 2.05. The minimum atomic E-state index is -0.727. The molecule has 5 unspecified atom stereocenters. The molecule has 3 heteroatoms. The average molecular weight is 217 g/mol. The molecular weight excluding hydrogens is 194 g/mol. The Bertz CT molecular complexity index is 207. The van der Waals surface area contributed by atoms with Crippen molar-refractivity contribution in [3.8, 4) is 0 Å².